The number of halogens is 3. The molecule has 5 heteroatoms. The van der Waals surface area contributed by atoms with Crippen molar-refractivity contribution in [3.05, 3.63) is 29.8 Å². The first-order valence-corrected chi connectivity index (χ1v) is 4.64. The standard InChI is InChI=1S/C10H10F3NO/c11-10(12,13)15-8-3-1-7(2-4-8)9-5-6-14-9/h1-4,9,14H,5-6H2/t9-/m1/s1. The summed E-state index contributed by atoms with van der Waals surface area (Å²) in [5, 5.41) is 3.17. The van der Waals surface area contributed by atoms with E-state index >= 15 is 0 Å². The summed E-state index contributed by atoms with van der Waals surface area (Å²) in [5.74, 6) is -0.175. The number of hydrogen-bond donors (Lipinski definition) is 1. The Balaban J connectivity index is 2.03. The van der Waals surface area contributed by atoms with E-state index in [0.717, 1.165) is 18.5 Å². The molecule has 2 rings (SSSR count). The first-order chi connectivity index (χ1) is 7.04. The van der Waals surface area contributed by atoms with Gasteiger partial charge in [-0.05, 0) is 30.7 Å². The Bertz CT molecular complexity index is 330. The molecule has 1 fully saturated rings. The van der Waals surface area contributed by atoms with E-state index in [2.05, 4.69) is 10.1 Å². The molecular formula is C10H10F3NO. The van der Waals surface area contributed by atoms with Crippen molar-refractivity contribution in [3.8, 4) is 5.75 Å². The lowest BCUT2D eigenvalue weighted by atomic mass is 9.98. The number of ether oxygens (including phenoxy) is 1. The van der Waals surface area contributed by atoms with Gasteiger partial charge >= 0.3 is 6.36 Å². The molecule has 0 radical (unpaired) electrons. The first-order valence-electron chi connectivity index (χ1n) is 4.64. The zero-order valence-electron chi connectivity index (χ0n) is 7.84. The van der Waals surface area contributed by atoms with Gasteiger partial charge in [-0.15, -0.1) is 13.2 Å². The molecule has 1 aliphatic heterocycles. The van der Waals surface area contributed by atoms with E-state index < -0.39 is 6.36 Å². The lowest BCUT2D eigenvalue weighted by molar-refractivity contribution is -0.274. The van der Waals surface area contributed by atoms with E-state index in [1.165, 1.54) is 12.1 Å². The van der Waals surface area contributed by atoms with Crippen molar-refractivity contribution in [2.45, 2.75) is 18.8 Å². The molecule has 0 aromatic heterocycles. The number of alkyl halides is 3. The van der Waals surface area contributed by atoms with Gasteiger partial charge in [0.25, 0.3) is 0 Å². The molecule has 1 N–H and O–H groups in total. The summed E-state index contributed by atoms with van der Waals surface area (Å²) in [6, 6.07) is 6.26. The third kappa shape index (κ3) is 2.62. The Kier molecular flexibility index (Phi) is 2.56. The smallest absolute Gasteiger partial charge is 0.406 e. The predicted molar refractivity (Wildman–Crippen MR) is 48.5 cm³/mol. The largest absolute Gasteiger partial charge is 0.573 e. The molecule has 15 heavy (non-hydrogen) atoms. The summed E-state index contributed by atoms with van der Waals surface area (Å²) < 4.78 is 39.3. The molecule has 0 bridgehead atoms. The second-order valence-corrected chi connectivity index (χ2v) is 3.41. The summed E-state index contributed by atoms with van der Waals surface area (Å²) in [6.45, 7) is 0.964. The monoisotopic (exact) mass is 217 g/mol. The summed E-state index contributed by atoms with van der Waals surface area (Å²) in [7, 11) is 0. The summed E-state index contributed by atoms with van der Waals surface area (Å²) >= 11 is 0. The van der Waals surface area contributed by atoms with E-state index in [-0.39, 0.29) is 11.8 Å². The summed E-state index contributed by atoms with van der Waals surface area (Å²) in [4.78, 5) is 0. The van der Waals surface area contributed by atoms with Crippen molar-refractivity contribution in [3.63, 3.8) is 0 Å². The maximum Gasteiger partial charge on any atom is 0.573 e. The van der Waals surface area contributed by atoms with E-state index in [1.54, 1.807) is 12.1 Å². The minimum atomic E-state index is -4.61. The van der Waals surface area contributed by atoms with Crippen LogP contribution in [0.2, 0.25) is 0 Å². The van der Waals surface area contributed by atoms with Gasteiger partial charge in [-0.3, -0.25) is 0 Å². The van der Waals surface area contributed by atoms with Gasteiger partial charge in [0, 0.05) is 6.04 Å². The van der Waals surface area contributed by atoms with Gasteiger partial charge in [-0.2, -0.15) is 0 Å². The van der Waals surface area contributed by atoms with Crippen molar-refractivity contribution >= 4 is 0 Å². The van der Waals surface area contributed by atoms with Crippen LogP contribution in [0, 0.1) is 0 Å². The molecule has 1 aromatic rings. The fourth-order valence-corrected chi connectivity index (χ4v) is 1.48. The van der Waals surface area contributed by atoms with Gasteiger partial charge in [0.1, 0.15) is 5.75 Å². The third-order valence-electron chi connectivity index (χ3n) is 2.34. The highest BCUT2D eigenvalue weighted by Crippen LogP contribution is 2.27. The summed E-state index contributed by atoms with van der Waals surface area (Å²) in [6.07, 6.45) is -3.59. The molecular weight excluding hydrogens is 207 g/mol. The Morgan fingerprint density at radius 3 is 2.20 bits per heavy atom. The fraction of sp³-hybridized carbons (Fsp3) is 0.400. The minimum absolute atomic E-state index is 0.175. The maximum atomic E-state index is 11.8. The van der Waals surface area contributed by atoms with Crippen LogP contribution >= 0.6 is 0 Å². The third-order valence-corrected chi connectivity index (χ3v) is 2.34. The van der Waals surface area contributed by atoms with Gasteiger partial charge in [0.15, 0.2) is 0 Å². The van der Waals surface area contributed by atoms with Gasteiger partial charge < -0.3 is 10.1 Å². The van der Waals surface area contributed by atoms with Gasteiger partial charge in [0.2, 0.25) is 0 Å². The molecule has 0 spiro atoms. The van der Waals surface area contributed by atoms with Crippen LogP contribution in [0.4, 0.5) is 13.2 Å². The molecule has 0 unspecified atom stereocenters. The van der Waals surface area contributed by atoms with Crippen molar-refractivity contribution in [2.75, 3.05) is 6.54 Å². The molecule has 1 atom stereocenters. The first kappa shape index (κ1) is 10.3. The fourth-order valence-electron chi connectivity index (χ4n) is 1.48. The number of nitrogens with one attached hydrogen (secondary N) is 1. The molecule has 0 saturated carbocycles. The van der Waals surface area contributed by atoms with Gasteiger partial charge in [0.05, 0.1) is 0 Å². The topological polar surface area (TPSA) is 21.3 Å². The van der Waals surface area contributed by atoms with Crippen molar-refractivity contribution < 1.29 is 17.9 Å². The molecule has 1 aromatic carbocycles. The number of benzene rings is 1. The van der Waals surface area contributed by atoms with Crippen LogP contribution in [-0.2, 0) is 0 Å². The average molecular weight is 217 g/mol. The zero-order chi connectivity index (χ0) is 10.9. The maximum absolute atomic E-state index is 11.8. The molecule has 82 valence electrons. The van der Waals surface area contributed by atoms with Crippen molar-refractivity contribution in [1.82, 2.24) is 5.32 Å². The minimum Gasteiger partial charge on any atom is -0.406 e. The van der Waals surface area contributed by atoms with Crippen LogP contribution in [0.5, 0.6) is 5.75 Å². The van der Waals surface area contributed by atoms with Crippen LogP contribution in [0.1, 0.15) is 18.0 Å². The van der Waals surface area contributed by atoms with Crippen LogP contribution in [0.3, 0.4) is 0 Å². The van der Waals surface area contributed by atoms with E-state index in [0.29, 0.717) is 0 Å². The highest BCUT2D eigenvalue weighted by Gasteiger charge is 2.31. The van der Waals surface area contributed by atoms with Gasteiger partial charge in [-0.1, -0.05) is 12.1 Å². The van der Waals surface area contributed by atoms with Crippen LogP contribution < -0.4 is 10.1 Å². The van der Waals surface area contributed by atoms with E-state index in [1.807, 2.05) is 0 Å². The van der Waals surface area contributed by atoms with Crippen LogP contribution in [0.15, 0.2) is 24.3 Å². The highest BCUT2D eigenvalue weighted by molar-refractivity contribution is 5.30. The number of hydrogen-bond acceptors (Lipinski definition) is 2. The second kappa shape index (κ2) is 3.73. The average Bonchev–Trinajstić information content (AvgIpc) is 2.02. The van der Waals surface area contributed by atoms with Gasteiger partial charge in [-0.25, -0.2) is 0 Å². The Hall–Kier alpha value is -1.23. The normalized spacial score (nSPS) is 20.9. The SMILES string of the molecule is FC(F)(F)Oc1ccc([C@H]2CCN2)cc1. The van der Waals surface area contributed by atoms with E-state index in [9.17, 15) is 13.2 Å². The van der Waals surface area contributed by atoms with Crippen LogP contribution in [0.25, 0.3) is 0 Å². The Labute approximate surface area is 85.0 Å². The highest BCUT2D eigenvalue weighted by atomic mass is 19.4. The molecule has 1 aliphatic rings. The van der Waals surface area contributed by atoms with Crippen LogP contribution in [-0.4, -0.2) is 12.9 Å². The summed E-state index contributed by atoms with van der Waals surface area (Å²) in [5.41, 5.74) is 0.996. The molecule has 1 saturated heterocycles. The quantitative estimate of drug-likeness (QED) is 0.822. The van der Waals surface area contributed by atoms with E-state index in [4.69, 9.17) is 0 Å². The van der Waals surface area contributed by atoms with Crippen molar-refractivity contribution in [1.29, 1.82) is 0 Å². The molecule has 2 nitrogen and oxygen atoms in total. The predicted octanol–water partition coefficient (Wildman–Crippen LogP) is 2.62. The number of rotatable bonds is 2. The van der Waals surface area contributed by atoms with Crippen molar-refractivity contribution in [2.24, 2.45) is 0 Å². The lowest BCUT2D eigenvalue weighted by Crippen LogP contribution is -2.34. The molecule has 0 aliphatic carbocycles. The second-order valence-electron chi connectivity index (χ2n) is 3.41. The zero-order valence-corrected chi connectivity index (χ0v) is 7.84. The molecule has 0 amide bonds. The molecule has 1 heterocycles. The Morgan fingerprint density at radius 1 is 1.20 bits per heavy atom. The lowest BCUT2D eigenvalue weighted by Gasteiger charge is -2.28. The Morgan fingerprint density at radius 2 is 1.80 bits per heavy atom.